The highest BCUT2D eigenvalue weighted by molar-refractivity contribution is 5.92. The SMILES string of the molecule is CCOc1ccc(-c2nc(C(=O)NOCc3cc(OC)ccc3F)cnc2N)cn1. The van der Waals surface area contributed by atoms with Crippen LogP contribution in [-0.2, 0) is 11.4 Å². The molecule has 0 aliphatic rings. The van der Waals surface area contributed by atoms with Gasteiger partial charge in [-0.15, -0.1) is 0 Å². The first-order valence-corrected chi connectivity index (χ1v) is 8.98. The number of carbonyl (C=O) groups is 1. The molecule has 0 aliphatic heterocycles. The van der Waals surface area contributed by atoms with Crippen LogP contribution >= 0.6 is 0 Å². The van der Waals surface area contributed by atoms with E-state index in [1.807, 2.05) is 6.92 Å². The number of hydrogen-bond donors (Lipinski definition) is 2. The molecule has 0 atom stereocenters. The van der Waals surface area contributed by atoms with E-state index < -0.39 is 11.7 Å². The fraction of sp³-hybridized carbons (Fsp3) is 0.200. The molecule has 0 bridgehead atoms. The topological polar surface area (TPSA) is 121 Å². The van der Waals surface area contributed by atoms with Crippen molar-refractivity contribution in [1.82, 2.24) is 20.4 Å². The number of methoxy groups -OCH3 is 1. The van der Waals surface area contributed by atoms with E-state index in [0.29, 0.717) is 23.8 Å². The molecule has 0 unspecified atom stereocenters. The number of nitrogens with two attached hydrogens (primary N) is 1. The Hall–Kier alpha value is -3.79. The first-order chi connectivity index (χ1) is 14.5. The molecule has 0 aliphatic carbocycles. The maximum atomic E-state index is 13.8. The average molecular weight is 413 g/mol. The maximum Gasteiger partial charge on any atom is 0.295 e. The number of halogens is 1. The third-order valence-electron chi connectivity index (χ3n) is 3.98. The summed E-state index contributed by atoms with van der Waals surface area (Å²) in [6, 6.07) is 7.59. The van der Waals surface area contributed by atoms with E-state index in [1.165, 1.54) is 37.7 Å². The summed E-state index contributed by atoms with van der Waals surface area (Å²) in [4.78, 5) is 29.8. The second-order valence-electron chi connectivity index (χ2n) is 5.98. The molecule has 156 valence electrons. The van der Waals surface area contributed by atoms with E-state index in [9.17, 15) is 9.18 Å². The van der Waals surface area contributed by atoms with Crippen molar-refractivity contribution in [3.05, 3.63) is 59.8 Å². The highest BCUT2D eigenvalue weighted by Gasteiger charge is 2.14. The van der Waals surface area contributed by atoms with E-state index in [2.05, 4.69) is 20.4 Å². The first-order valence-electron chi connectivity index (χ1n) is 8.98. The fourth-order valence-electron chi connectivity index (χ4n) is 2.49. The van der Waals surface area contributed by atoms with Gasteiger partial charge in [0.05, 0.1) is 19.9 Å². The quantitative estimate of drug-likeness (QED) is 0.541. The van der Waals surface area contributed by atoms with Crippen molar-refractivity contribution in [3.63, 3.8) is 0 Å². The Morgan fingerprint density at radius 2 is 2.03 bits per heavy atom. The molecule has 0 fully saturated rings. The zero-order valence-corrected chi connectivity index (χ0v) is 16.4. The van der Waals surface area contributed by atoms with Crippen LogP contribution < -0.4 is 20.7 Å². The molecule has 0 spiro atoms. The molecule has 0 radical (unpaired) electrons. The highest BCUT2D eigenvalue weighted by atomic mass is 19.1. The van der Waals surface area contributed by atoms with Crippen LogP contribution in [0.5, 0.6) is 11.6 Å². The number of aromatic nitrogens is 3. The third-order valence-corrected chi connectivity index (χ3v) is 3.98. The predicted molar refractivity (Wildman–Crippen MR) is 106 cm³/mol. The normalized spacial score (nSPS) is 10.5. The van der Waals surface area contributed by atoms with Gasteiger partial charge in [-0.1, -0.05) is 0 Å². The Morgan fingerprint density at radius 1 is 1.20 bits per heavy atom. The highest BCUT2D eigenvalue weighted by Crippen LogP contribution is 2.23. The lowest BCUT2D eigenvalue weighted by Gasteiger charge is -2.10. The van der Waals surface area contributed by atoms with Crippen LogP contribution in [0.2, 0.25) is 0 Å². The molecule has 2 aromatic heterocycles. The van der Waals surface area contributed by atoms with Crippen molar-refractivity contribution in [1.29, 1.82) is 0 Å². The molecule has 0 saturated heterocycles. The number of pyridine rings is 1. The molecule has 10 heteroatoms. The summed E-state index contributed by atoms with van der Waals surface area (Å²) in [6.07, 6.45) is 2.74. The largest absolute Gasteiger partial charge is 0.497 e. The molecule has 3 aromatic rings. The summed E-state index contributed by atoms with van der Waals surface area (Å²) >= 11 is 0. The first kappa shape index (κ1) is 20.9. The molecule has 3 rings (SSSR count). The maximum absolute atomic E-state index is 13.8. The molecule has 1 aromatic carbocycles. The van der Waals surface area contributed by atoms with Gasteiger partial charge in [0.2, 0.25) is 5.88 Å². The van der Waals surface area contributed by atoms with Crippen molar-refractivity contribution < 1.29 is 23.5 Å². The lowest BCUT2D eigenvalue weighted by atomic mass is 10.2. The van der Waals surface area contributed by atoms with Crippen LogP contribution in [0.25, 0.3) is 11.3 Å². The van der Waals surface area contributed by atoms with Crippen LogP contribution in [0.15, 0.2) is 42.7 Å². The van der Waals surface area contributed by atoms with Crippen molar-refractivity contribution in [3.8, 4) is 22.9 Å². The lowest BCUT2D eigenvalue weighted by Crippen LogP contribution is -2.25. The standard InChI is InChI=1S/C20H20FN5O4/c1-3-29-17-7-4-12(9-23-17)18-19(22)24-10-16(25-18)20(27)26-30-11-13-8-14(28-2)5-6-15(13)21/h4-10H,3,11H2,1-2H3,(H2,22,24)(H,26,27). The van der Waals surface area contributed by atoms with Gasteiger partial charge in [-0.2, -0.15) is 0 Å². The van der Waals surface area contributed by atoms with Gasteiger partial charge in [-0.05, 0) is 31.2 Å². The molecule has 1 amide bonds. The molecule has 2 heterocycles. The fourth-order valence-corrected chi connectivity index (χ4v) is 2.49. The second-order valence-corrected chi connectivity index (χ2v) is 5.98. The van der Waals surface area contributed by atoms with Gasteiger partial charge in [-0.25, -0.2) is 24.8 Å². The molecular weight excluding hydrogens is 393 g/mol. The van der Waals surface area contributed by atoms with Crippen LogP contribution in [0.3, 0.4) is 0 Å². The van der Waals surface area contributed by atoms with Crippen LogP contribution in [-0.4, -0.2) is 34.6 Å². The summed E-state index contributed by atoms with van der Waals surface area (Å²) in [5.41, 5.74) is 9.15. The Bertz CT molecular complexity index is 1030. The third kappa shape index (κ3) is 4.97. The van der Waals surface area contributed by atoms with Gasteiger partial charge in [0.25, 0.3) is 5.91 Å². The number of anilines is 1. The number of hydrogen-bond acceptors (Lipinski definition) is 8. The number of nitrogens with one attached hydrogen (secondary N) is 1. The Morgan fingerprint density at radius 3 is 2.73 bits per heavy atom. The van der Waals surface area contributed by atoms with Crippen molar-refractivity contribution in [2.75, 3.05) is 19.5 Å². The minimum absolute atomic E-state index is 0.0285. The number of nitrogens with zero attached hydrogens (tertiary/aromatic N) is 3. The monoisotopic (exact) mass is 413 g/mol. The van der Waals surface area contributed by atoms with E-state index in [-0.39, 0.29) is 29.4 Å². The van der Waals surface area contributed by atoms with Crippen LogP contribution in [0, 0.1) is 5.82 Å². The van der Waals surface area contributed by atoms with E-state index in [4.69, 9.17) is 20.0 Å². The number of ether oxygens (including phenoxy) is 2. The van der Waals surface area contributed by atoms with Gasteiger partial charge in [0.15, 0.2) is 0 Å². The minimum atomic E-state index is -0.661. The van der Waals surface area contributed by atoms with Gasteiger partial charge in [0, 0.05) is 23.4 Å². The summed E-state index contributed by atoms with van der Waals surface area (Å²) in [5.74, 6) is -0.0790. The Labute approximate surface area is 172 Å². The van der Waals surface area contributed by atoms with E-state index >= 15 is 0 Å². The second kappa shape index (κ2) is 9.61. The number of amides is 1. The smallest absolute Gasteiger partial charge is 0.295 e. The Kier molecular flexibility index (Phi) is 6.71. The number of benzene rings is 1. The number of hydroxylamine groups is 1. The summed E-state index contributed by atoms with van der Waals surface area (Å²) in [5, 5.41) is 0. The predicted octanol–water partition coefficient (Wildman–Crippen LogP) is 2.53. The zero-order chi connectivity index (χ0) is 21.5. The molecule has 30 heavy (non-hydrogen) atoms. The van der Waals surface area contributed by atoms with Gasteiger partial charge in [0.1, 0.15) is 35.4 Å². The number of carbonyl (C=O) groups excluding carboxylic acids is 1. The zero-order valence-electron chi connectivity index (χ0n) is 16.4. The van der Waals surface area contributed by atoms with Gasteiger partial charge >= 0.3 is 0 Å². The van der Waals surface area contributed by atoms with Gasteiger partial charge in [-0.3, -0.25) is 9.63 Å². The summed E-state index contributed by atoms with van der Waals surface area (Å²) in [6.45, 7) is 2.14. The molecule has 3 N–H and O–H groups in total. The Balaban J connectivity index is 1.68. The minimum Gasteiger partial charge on any atom is -0.497 e. The van der Waals surface area contributed by atoms with Crippen molar-refractivity contribution >= 4 is 11.7 Å². The number of nitrogen functional groups attached to an aromatic ring is 1. The average Bonchev–Trinajstić information content (AvgIpc) is 2.76. The van der Waals surface area contributed by atoms with Crippen molar-refractivity contribution in [2.45, 2.75) is 13.5 Å². The molecule has 0 saturated carbocycles. The van der Waals surface area contributed by atoms with E-state index in [1.54, 1.807) is 12.1 Å². The summed E-state index contributed by atoms with van der Waals surface area (Å²) < 4.78 is 24.2. The van der Waals surface area contributed by atoms with Crippen LogP contribution in [0.1, 0.15) is 23.0 Å². The van der Waals surface area contributed by atoms with E-state index in [0.717, 1.165) is 0 Å². The molecular formula is C20H20FN5O4. The molecule has 9 nitrogen and oxygen atoms in total. The lowest BCUT2D eigenvalue weighted by molar-refractivity contribution is 0.0219. The van der Waals surface area contributed by atoms with Crippen molar-refractivity contribution in [2.24, 2.45) is 0 Å². The van der Waals surface area contributed by atoms with Crippen LogP contribution in [0.4, 0.5) is 10.2 Å². The summed E-state index contributed by atoms with van der Waals surface area (Å²) in [7, 11) is 1.47. The number of rotatable bonds is 8. The van der Waals surface area contributed by atoms with Gasteiger partial charge < -0.3 is 15.2 Å².